The minimum atomic E-state index is -1.18. The van der Waals surface area contributed by atoms with Crippen molar-refractivity contribution in [3.05, 3.63) is 0 Å². The van der Waals surface area contributed by atoms with Crippen molar-refractivity contribution in [3.8, 4) is 0 Å². The fourth-order valence-corrected chi connectivity index (χ4v) is 8.68. The Bertz CT molecular complexity index is 1630. The zero-order valence-electron chi connectivity index (χ0n) is 42.8. The van der Waals surface area contributed by atoms with Gasteiger partial charge in [0, 0.05) is 108 Å². The molecule has 0 spiro atoms. The van der Waals surface area contributed by atoms with Crippen LogP contribution in [0.4, 0.5) is 0 Å². The third kappa shape index (κ3) is 26.1. The maximum Gasteiger partial charge on any atom is 0.320 e. The lowest BCUT2D eigenvalue weighted by molar-refractivity contribution is -0.145. The molecule has 0 aromatic heterocycles. The summed E-state index contributed by atoms with van der Waals surface area (Å²) in [6, 6.07) is -2.41. The molecular weight excluding hydrogens is 913 g/mol. The monoisotopic (exact) mass is 999 g/mol. The summed E-state index contributed by atoms with van der Waals surface area (Å²) in [5.41, 5.74) is -0.533. The van der Waals surface area contributed by atoms with Crippen molar-refractivity contribution in [2.75, 3.05) is 105 Å². The number of nitrogens with zero attached hydrogens (tertiary/aromatic N) is 4. The molecule has 70 heavy (non-hydrogen) atoms. The van der Waals surface area contributed by atoms with Crippen molar-refractivity contribution in [3.63, 3.8) is 0 Å². The van der Waals surface area contributed by atoms with E-state index in [9.17, 15) is 58.8 Å². The normalized spacial score (nSPS) is 20.1. The van der Waals surface area contributed by atoms with E-state index in [1.54, 1.807) is 26.7 Å². The molecule has 0 radical (unpaired) electrons. The number of aliphatic carboxylic acids is 4. The second kappa shape index (κ2) is 32.5. The zero-order valence-corrected chi connectivity index (χ0v) is 42.8. The van der Waals surface area contributed by atoms with Crippen molar-refractivity contribution < 1.29 is 68.3 Å². The Hall–Kier alpha value is -4.48. The van der Waals surface area contributed by atoms with E-state index in [4.69, 9.17) is 9.47 Å². The SMILES string of the molecule is CCCCCC(=O)N[C@@H](CCC(=O)NC1CCC(NC(=O)CCC(C(=O)O)N2CCN(CC(=O)O)CCN(CC(=O)O)CCN(CC(=O)O)CC2)CC1)C(=O)NCC(C)(CC)COCC(C)(C)COC. The Labute approximate surface area is 414 Å². The Morgan fingerprint density at radius 3 is 1.51 bits per heavy atom. The summed E-state index contributed by atoms with van der Waals surface area (Å²) in [6.45, 7) is 12.2. The van der Waals surface area contributed by atoms with E-state index in [2.05, 4.69) is 35.1 Å². The Morgan fingerprint density at radius 1 is 0.614 bits per heavy atom. The largest absolute Gasteiger partial charge is 0.480 e. The third-order valence-electron chi connectivity index (χ3n) is 13.1. The van der Waals surface area contributed by atoms with E-state index in [0.29, 0.717) is 58.5 Å². The number of carbonyl (C=O) groups excluding carboxylic acids is 4. The van der Waals surface area contributed by atoms with Crippen LogP contribution in [0.1, 0.15) is 118 Å². The van der Waals surface area contributed by atoms with E-state index < -0.39 is 36.0 Å². The van der Waals surface area contributed by atoms with E-state index in [0.717, 1.165) is 19.3 Å². The summed E-state index contributed by atoms with van der Waals surface area (Å²) in [7, 11) is 1.65. The fourth-order valence-electron chi connectivity index (χ4n) is 8.68. The zero-order chi connectivity index (χ0) is 52.3. The number of hydrogen-bond acceptors (Lipinski definition) is 14. The van der Waals surface area contributed by atoms with Crippen molar-refractivity contribution in [1.29, 1.82) is 0 Å². The summed E-state index contributed by atoms with van der Waals surface area (Å²) < 4.78 is 11.4. The summed E-state index contributed by atoms with van der Waals surface area (Å²) in [4.78, 5) is 107. The molecule has 2 rings (SSSR count). The lowest BCUT2D eigenvalue weighted by Gasteiger charge is -2.35. The first-order valence-corrected chi connectivity index (χ1v) is 25.1. The molecule has 22 heteroatoms. The van der Waals surface area contributed by atoms with Crippen LogP contribution in [0.25, 0.3) is 0 Å². The highest BCUT2D eigenvalue weighted by Gasteiger charge is 2.32. The summed E-state index contributed by atoms with van der Waals surface area (Å²) >= 11 is 0. The highest BCUT2D eigenvalue weighted by molar-refractivity contribution is 5.88. The van der Waals surface area contributed by atoms with Gasteiger partial charge in [0.05, 0.1) is 39.5 Å². The molecular formula is C48H86N8O14. The van der Waals surface area contributed by atoms with Crippen LogP contribution in [0, 0.1) is 10.8 Å². The van der Waals surface area contributed by atoms with Gasteiger partial charge < -0.3 is 51.2 Å². The average molecular weight is 999 g/mol. The first-order chi connectivity index (χ1) is 33.1. The minimum Gasteiger partial charge on any atom is -0.480 e. The van der Waals surface area contributed by atoms with E-state index in [-0.39, 0.29) is 151 Å². The first-order valence-electron chi connectivity index (χ1n) is 25.1. The van der Waals surface area contributed by atoms with Crippen LogP contribution >= 0.6 is 0 Å². The predicted molar refractivity (Wildman–Crippen MR) is 260 cm³/mol. The standard InChI is InChI=1S/C48H86N8O14/c1-7-9-10-11-39(57)52-37(45(66)49-31-48(5,8-2)34-70-33-47(3,4)32-69-6)16-18-40(58)50-35-12-14-36(15-13-35)51-41(59)19-17-38(46(67)68)56-26-24-54(29-43(62)63)22-20-53(28-42(60)61)21-23-55(25-27-56)30-44(64)65/h35-38H,7-34H2,1-6H3,(H,49,66)(H,50,58)(H,51,59)(H,52,57)(H,60,61)(H,62,63)(H,64,65)(H,67,68)/t35?,36?,37-,38?,48?/m0/s1. The lowest BCUT2D eigenvalue weighted by atomic mass is 9.88. The van der Waals surface area contributed by atoms with Crippen LogP contribution in [0.15, 0.2) is 0 Å². The highest BCUT2D eigenvalue weighted by atomic mass is 16.5. The number of nitrogens with one attached hydrogen (secondary N) is 4. The smallest absolute Gasteiger partial charge is 0.320 e. The summed E-state index contributed by atoms with van der Waals surface area (Å²) in [5, 5.41) is 50.8. The molecule has 2 unspecified atom stereocenters. The van der Waals surface area contributed by atoms with Crippen molar-refractivity contribution in [1.82, 2.24) is 40.9 Å². The first kappa shape index (κ1) is 61.6. The second-order valence-electron chi connectivity index (χ2n) is 20.2. The Balaban J connectivity index is 1.98. The Morgan fingerprint density at radius 2 is 1.09 bits per heavy atom. The van der Waals surface area contributed by atoms with Gasteiger partial charge in [-0.25, -0.2) is 0 Å². The third-order valence-corrected chi connectivity index (χ3v) is 13.1. The molecule has 1 saturated carbocycles. The van der Waals surface area contributed by atoms with E-state index >= 15 is 0 Å². The quantitative estimate of drug-likeness (QED) is 0.0454. The second-order valence-corrected chi connectivity index (χ2v) is 20.2. The van der Waals surface area contributed by atoms with Gasteiger partial charge in [0.2, 0.25) is 23.6 Å². The van der Waals surface area contributed by atoms with Crippen molar-refractivity contribution in [2.45, 2.75) is 142 Å². The van der Waals surface area contributed by atoms with Gasteiger partial charge in [-0.05, 0) is 51.4 Å². The molecule has 1 aliphatic carbocycles. The van der Waals surface area contributed by atoms with Crippen molar-refractivity contribution >= 4 is 47.5 Å². The maximum atomic E-state index is 13.6. The van der Waals surface area contributed by atoms with Gasteiger partial charge in [0.25, 0.3) is 0 Å². The molecule has 8 N–H and O–H groups in total. The molecule has 0 bridgehead atoms. The van der Waals surface area contributed by atoms with Gasteiger partial charge >= 0.3 is 23.9 Å². The van der Waals surface area contributed by atoms with Crippen LogP contribution in [0.3, 0.4) is 0 Å². The van der Waals surface area contributed by atoms with Crippen LogP contribution in [0.2, 0.25) is 0 Å². The van der Waals surface area contributed by atoms with Gasteiger partial charge in [-0.2, -0.15) is 0 Å². The molecule has 4 amide bonds. The number of unbranched alkanes of at least 4 members (excludes halogenated alkanes) is 2. The van der Waals surface area contributed by atoms with Crippen LogP contribution in [0.5, 0.6) is 0 Å². The molecule has 3 atom stereocenters. The topological polar surface area (TPSA) is 297 Å². The molecule has 1 aliphatic heterocycles. The van der Waals surface area contributed by atoms with Crippen molar-refractivity contribution in [2.24, 2.45) is 10.8 Å². The molecule has 402 valence electrons. The van der Waals surface area contributed by atoms with Gasteiger partial charge in [-0.3, -0.25) is 58.0 Å². The number of ether oxygens (including phenoxy) is 2. The fraction of sp³-hybridized carbons (Fsp3) is 0.833. The van der Waals surface area contributed by atoms with Gasteiger partial charge in [-0.15, -0.1) is 0 Å². The van der Waals surface area contributed by atoms with Gasteiger partial charge in [0.15, 0.2) is 0 Å². The molecule has 1 saturated heterocycles. The van der Waals surface area contributed by atoms with Gasteiger partial charge in [-0.1, -0.05) is 47.5 Å². The average Bonchev–Trinajstić information content (AvgIpc) is 3.27. The van der Waals surface area contributed by atoms with Crippen LogP contribution < -0.4 is 21.3 Å². The highest BCUT2D eigenvalue weighted by Crippen LogP contribution is 2.24. The molecule has 22 nitrogen and oxygen atoms in total. The summed E-state index contributed by atoms with van der Waals surface area (Å²) in [5.74, 6) is -5.67. The summed E-state index contributed by atoms with van der Waals surface area (Å²) in [6.07, 6.45) is 5.77. The number of hydrogen-bond donors (Lipinski definition) is 8. The van der Waals surface area contributed by atoms with Crippen LogP contribution in [-0.4, -0.2) is 217 Å². The molecule has 0 aromatic carbocycles. The van der Waals surface area contributed by atoms with E-state index in [1.807, 2.05) is 20.8 Å². The number of rotatable bonds is 31. The number of carboxylic acids is 4. The number of carbonyl (C=O) groups is 8. The lowest BCUT2D eigenvalue weighted by Crippen LogP contribution is -2.52. The molecule has 2 fully saturated rings. The molecule has 0 aromatic rings. The van der Waals surface area contributed by atoms with Crippen LogP contribution in [-0.2, 0) is 47.8 Å². The number of carboxylic acid groups (broad SMARTS) is 4. The van der Waals surface area contributed by atoms with Gasteiger partial charge in [0.1, 0.15) is 12.1 Å². The maximum absolute atomic E-state index is 13.6. The Kier molecular flexibility index (Phi) is 28.6. The predicted octanol–water partition coefficient (Wildman–Crippen LogP) is 1.31. The molecule has 1 heterocycles. The van der Waals surface area contributed by atoms with E-state index in [1.165, 1.54) is 0 Å². The molecule has 2 aliphatic rings. The minimum absolute atomic E-state index is 0.00900. The number of amides is 4. The number of methoxy groups -OCH3 is 1.